The Bertz CT molecular complexity index is 743. The first-order chi connectivity index (χ1) is 11.3. The first-order valence-electron chi connectivity index (χ1n) is 7.04. The van der Waals surface area contributed by atoms with E-state index in [9.17, 15) is 5.11 Å². The quantitative estimate of drug-likeness (QED) is 0.288. The zero-order valence-electron chi connectivity index (χ0n) is 13.2. The Morgan fingerprint density at radius 2 is 1.33 bits per heavy atom. The van der Waals surface area contributed by atoms with Crippen LogP contribution in [0, 0.1) is 12.0 Å². The van der Waals surface area contributed by atoms with Crippen LogP contribution in [0.1, 0.15) is 11.1 Å². The maximum atomic E-state index is 11.0. The van der Waals surface area contributed by atoms with Gasteiger partial charge in [-0.15, -0.1) is 0 Å². The van der Waals surface area contributed by atoms with E-state index in [2.05, 4.69) is 12.0 Å². The summed E-state index contributed by atoms with van der Waals surface area (Å²) >= 11 is 0. The van der Waals surface area contributed by atoms with Gasteiger partial charge in [0.05, 0.1) is 7.11 Å². The molecule has 0 fully saturated rings. The van der Waals surface area contributed by atoms with Gasteiger partial charge in [0.2, 0.25) is 0 Å². The van der Waals surface area contributed by atoms with Gasteiger partial charge in [-0.3, -0.25) is 17.2 Å². The summed E-state index contributed by atoms with van der Waals surface area (Å²) in [7, 11) is 1.56. The van der Waals surface area contributed by atoms with Crippen molar-refractivity contribution < 1.29 is 14.6 Å². The van der Waals surface area contributed by atoms with Gasteiger partial charge in [0.25, 0.3) is 5.97 Å². The molecule has 7 heteroatoms. The van der Waals surface area contributed by atoms with Crippen molar-refractivity contribution in [1.29, 1.82) is 0 Å². The average Bonchev–Trinajstić information content (AvgIpc) is 2.54. The summed E-state index contributed by atoms with van der Waals surface area (Å²) in [5, 5.41) is 11.0. The number of benzene rings is 2. The van der Waals surface area contributed by atoms with E-state index in [1.165, 1.54) is 0 Å². The largest absolute Gasteiger partial charge is 0.497 e. The van der Waals surface area contributed by atoms with Gasteiger partial charge in [-0.2, -0.15) is 0 Å². The first kappa shape index (κ1) is 17.6. The average molecular weight is 328 g/mol. The molecule has 0 aliphatic carbocycles. The van der Waals surface area contributed by atoms with Crippen molar-refractivity contribution in [3.8, 4) is 23.5 Å². The lowest BCUT2D eigenvalue weighted by molar-refractivity contribution is 0.0899. The predicted octanol–water partition coefficient (Wildman–Crippen LogP) is -0.283. The summed E-state index contributed by atoms with van der Waals surface area (Å²) in [6.45, 7) is 0. The molecule has 24 heavy (non-hydrogen) atoms. The van der Waals surface area contributed by atoms with Crippen molar-refractivity contribution in [2.75, 3.05) is 7.11 Å². The molecule has 9 N–H and O–H groups in total. The van der Waals surface area contributed by atoms with E-state index in [1.807, 2.05) is 0 Å². The van der Waals surface area contributed by atoms with Crippen molar-refractivity contribution in [2.24, 2.45) is 22.9 Å². The molecule has 1 atom stereocenters. The third kappa shape index (κ3) is 3.95. The van der Waals surface area contributed by atoms with Gasteiger partial charge >= 0.3 is 0 Å². The molecule has 2 rings (SSSR count). The molecular formula is C17H20N4O3. The van der Waals surface area contributed by atoms with Gasteiger partial charge < -0.3 is 20.3 Å². The fraction of sp³-hybridized carbons (Fsp3) is 0.176. The smallest absolute Gasteiger partial charge is 0.271 e. The minimum Gasteiger partial charge on any atom is -0.497 e. The number of nitrogens with two attached hydrogens (primary N) is 4. The summed E-state index contributed by atoms with van der Waals surface area (Å²) in [6.07, 6.45) is 0. The lowest BCUT2D eigenvalue weighted by Gasteiger charge is -2.25. The summed E-state index contributed by atoms with van der Waals surface area (Å²) in [4.78, 5) is 0. The van der Waals surface area contributed by atoms with Crippen LogP contribution in [-0.4, -0.2) is 18.2 Å². The Hall–Kier alpha value is -2.76. The SMILES string of the molecule is COc1ccc(C(O)(C#CN)c2ccc(OC(N)(N)N)cc2)cc1. The summed E-state index contributed by atoms with van der Waals surface area (Å²) in [5.41, 5.74) is 21.0. The normalized spacial score (nSPS) is 13.4. The highest BCUT2D eigenvalue weighted by atomic mass is 16.5. The van der Waals surface area contributed by atoms with Crippen LogP contribution in [0.5, 0.6) is 11.5 Å². The fourth-order valence-electron chi connectivity index (χ4n) is 2.22. The van der Waals surface area contributed by atoms with E-state index < -0.39 is 11.6 Å². The van der Waals surface area contributed by atoms with E-state index in [0.717, 1.165) is 0 Å². The van der Waals surface area contributed by atoms with E-state index >= 15 is 0 Å². The Kier molecular flexibility index (Phi) is 4.97. The van der Waals surface area contributed by atoms with Gasteiger partial charge in [0, 0.05) is 17.2 Å². The van der Waals surface area contributed by atoms with Crippen LogP contribution in [0.25, 0.3) is 0 Å². The number of hydrogen-bond donors (Lipinski definition) is 5. The van der Waals surface area contributed by atoms with Crippen molar-refractivity contribution in [2.45, 2.75) is 11.6 Å². The molecule has 0 aliphatic heterocycles. The van der Waals surface area contributed by atoms with Gasteiger partial charge in [-0.25, -0.2) is 0 Å². The Balaban J connectivity index is 2.40. The second kappa shape index (κ2) is 6.78. The third-order valence-corrected chi connectivity index (χ3v) is 3.33. The Labute approximate surface area is 140 Å². The molecule has 0 bridgehead atoms. The number of methoxy groups -OCH3 is 1. The molecule has 0 aliphatic rings. The molecular weight excluding hydrogens is 308 g/mol. The molecule has 0 heterocycles. The van der Waals surface area contributed by atoms with Gasteiger partial charge in [0.1, 0.15) is 11.5 Å². The van der Waals surface area contributed by atoms with Crippen LogP contribution >= 0.6 is 0 Å². The highest BCUT2D eigenvalue weighted by molar-refractivity contribution is 5.47. The Morgan fingerprint density at radius 1 is 0.875 bits per heavy atom. The number of ether oxygens (including phenoxy) is 2. The molecule has 7 nitrogen and oxygen atoms in total. The fourth-order valence-corrected chi connectivity index (χ4v) is 2.22. The van der Waals surface area contributed by atoms with Crippen molar-refractivity contribution in [1.82, 2.24) is 0 Å². The second-order valence-electron chi connectivity index (χ2n) is 5.19. The number of hydrogen-bond acceptors (Lipinski definition) is 7. The molecule has 0 saturated heterocycles. The van der Waals surface area contributed by atoms with Crippen LogP contribution in [0.2, 0.25) is 0 Å². The minimum absolute atomic E-state index is 0.351. The van der Waals surface area contributed by atoms with Crippen molar-refractivity contribution >= 4 is 0 Å². The number of aliphatic hydroxyl groups is 1. The molecule has 2 aromatic carbocycles. The molecule has 2 aromatic rings. The minimum atomic E-state index is -1.79. The third-order valence-electron chi connectivity index (χ3n) is 3.33. The lowest BCUT2D eigenvalue weighted by atomic mass is 9.87. The topological polar surface area (TPSA) is 143 Å². The molecule has 0 amide bonds. The van der Waals surface area contributed by atoms with Gasteiger partial charge in [-0.05, 0) is 30.2 Å². The molecule has 0 spiro atoms. The van der Waals surface area contributed by atoms with Gasteiger partial charge in [-0.1, -0.05) is 24.3 Å². The highest BCUT2D eigenvalue weighted by Gasteiger charge is 2.30. The summed E-state index contributed by atoms with van der Waals surface area (Å²) in [6, 6.07) is 15.5. The van der Waals surface area contributed by atoms with Crippen molar-refractivity contribution in [3.63, 3.8) is 0 Å². The molecule has 126 valence electrons. The maximum absolute atomic E-state index is 11.0. The van der Waals surface area contributed by atoms with Crippen molar-refractivity contribution in [3.05, 3.63) is 59.7 Å². The summed E-state index contributed by atoms with van der Waals surface area (Å²) in [5.74, 6) is 1.85. The molecule has 0 aromatic heterocycles. The van der Waals surface area contributed by atoms with E-state index in [4.69, 9.17) is 32.4 Å². The van der Waals surface area contributed by atoms with Crippen LogP contribution < -0.4 is 32.4 Å². The maximum Gasteiger partial charge on any atom is 0.271 e. The number of rotatable bonds is 5. The zero-order valence-corrected chi connectivity index (χ0v) is 13.2. The van der Waals surface area contributed by atoms with Crippen LogP contribution in [-0.2, 0) is 5.60 Å². The molecule has 0 radical (unpaired) electrons. The monoisotopic (exact) mass is 328 g/mol. The van der Waals surface area contributed by atoms with Crippen LogP contribution in [0.3, 0.4) is 0 Å². The second-order valence-corrected chi connectivity index (χ2v) is 5.19. The highest BCUT2D eigenvalue weighted by Crippen LogP contribution is 2.31. The zero-order chi connectivity index (χ0) is 17.8. The van der Waals surface area contributed by atoms with E-state index in [0.29, 0.717) is 22.6 Å². The van der Waals surface area contributed by atoms with Crippen LogP contribution in [0.15, 0.2) is 48.5 Å². The first-order valence-corrected chi connectivity index (χ1v) is 7.04. The van der Waals surface area contributed by atoms with Crippen LogP contribution in [0.4, 0.5) is 0 Å². The van der Waals surface area contributed by atoms with E-state index in [1.54, 1.807) is 55.6 Å². The standard InChI is InChI=1S/C17H20N4O3/c1-23-14-6-2-12(3-7-14)16(22,10-11-18)13-4-8-15(9-5-13)24-17(19,20)21/h2-9,22H,18-21H2,1H3. The molecule has 0 saturated carbocycles. The summed E-state index contributed by atoms with van der Waals surface area (Å²) < 4.78 is 10.3. The predicted molar refractivity (Wildman–Crippen MR) is 90.3 cm³/mol. The van der Waals surface area contributed by atoms with E-state index in [-0.39, 0.29) is 0 Å². The van der Waals surface area contributed by atoms with Gasteiger partial charge in [0.15, 0.2) is 5.60 Å². The Morgan fingerprint density at radius 3 is 1.71 bits per heavy atom. The molecule has 1 unspecified atom stereocenters. The lowest BCUT2D eigenvalue weighted by Crippen LogP contribution is -2.62.